The van der Waals surface area contributed by atoms with Crippen LogP contribution < -0.4 is 5.32 Å². The van der Waals surface area contributed by atoms with Gasteiger partial charge in [-0.1, -0.05) is 23.2 Å². The maximum absolute atomic E-state index is 12.5. The molecule has 0 radical (unpaired) electrons. The SMILES string of the molecule is Cl.O=C(c1ccc(Cl)c(Cl)c1)N1CCC(N2CCNCC2)C1. The van der Waals surface area contributed by atoms with Crippen molar-refractivity contribution in [2.75, 3.05) is 39.3 Å². The Kier molecular flexibility index (Phi) is 6.36. The molecule has 1 unspecified atom stereocenters. The normalized spacial score (nSPS) is 22.5. The smallest absolute Gasteiger partial charge is 0.253 e. The van der Waals surface area contributed by atoms with Gasteiger partial charge in [0.15, 0.2) is 0 Å². The minimum atomic E-state index is 0. The van der Waals surface area contributed by atoms with Crippen molar-refractivity contribution < 1.29 is 4.79 Å². The third kappa shape index (κ3) is 3.87. The average Bonchev–Trinajstić information content (AvgIpc) is 3.00. The summed E-state index contributed by atoms with van der Waals surface area (Å²) < 4.78 is 0. The lowest BCUT2D eigenvalue weighted by Gasteiger charge is -2.32. The summed E-state index contributed by atoms with van der Waals surface area (Å²) in [5.41, 5.74) is 0.616. The molecule has 1 amide bonds. The fraction of sp³-hybridized carbons (Fsp3) is 0.533. The molecule has 7 heteroatoms. The van der Waals surface area contributed by atoms with Crippen molar-refractivity contribution in [1.29, 1.82) is 0 Å². The number of halogens is 3. The van der Waals surface area contributed by atoms with Crippen LogP contribution in [0, 0.1) is 0 Å². The first-order valence-electron chi connectivity index (χ1n) is 7.34. The molecule has 1 aromatic carbocycles. The molecule has 0 saturated carbocycles. The zero-order valence-electron chi connectivity index (χ0n) is 12.2. The number of carbonyl (C=O) groups excluding carboxylic acids is 1. The van der Waals surface area contributed by atoms with E-state index in [1.807, 2.05) is 4.90 Å². The van der Waals surface area contributed by atoms with Crippen molar-refractivity contribution in [3.63, 3.8) is 0 Å². The molecular weight excluding hydrogens is 345 g/mol. The predicted molar refractivity (Wildman–Crippen MR) is 92.5 cm³/mol. The second kappa shape index (κ2) is 7.84. The number of rotatable bonds is 2. The third-order valence-corrected chi connectivity index (χ3v) is 5.02. The van der Waals surface area contributed by atoms with E-state index in [4.69, 9.17) is 23.2 Å². The number of piperazine rings is 1. The van der Waals surface area contributed by atoms with Crippen molar-refractivity contribution in [2.45, 2.75) is 12.5 Å². The molecule has 4 nitrogen and oxygen atoms in total. The minimum absolute atomic E-state index is 0. The maximum Gasteiger partial charge on any atom is 0.253 e. The Balaban J connectivity index is 0.00000176. The van der Waals surface area contributed by atoms with Crippen LogP contribution in [0.3, 0.4) is 0 Å². The Labute approximate surface area is 147 Å². The first kappa shape index (κ1) is 17.8. The van der Waals surface area contributed by atoms with E-state index >= 15 is 0 Å². The molecule has 0 spiro atoms. The fourth-order valence-corrected chi connectivity index (χ4v) is 3.38. The van der Waals surface area contributed by atoms with Crippen LogP contribution in [0.15, 0.2) is 18.2 Å². The molecule has 0 aliphatic carbocycles. The molecule has 2 fully saturated rings. The van der Waals surface area contributed by atoms with E-state index in [1.165, 1.54) is 0 Å². The number of hydrogen-bond donors (Lipinski definition) is 1. The lowest BCUT2D eigenvalue weighted by molar-refractivity contribution is 0.0773. The van der Waals surface area contributed by atoms with Gasteiger partial charge in [0.05, 0.1) is 10.0 Å². The number of benzene rings is 1. The van der Waals surface area contributed by atoms with Crippen molar-refractivity contribution in [1.82, 2.24) is 15.1 Å². The summed E-state index contributed by atoms with van der Waals surface area (Å²) in [7, 11) is 0. The molecule has 0 bridgehead atoms. The third-order valence-electron chi connectivity index (χ3n) is 4.29. The van der Waals surface area contributed by atoms with Gasteiger partial charge in [-0.05, 0) is 24.6 Å². The highest BCUT2D eigenvalue weighted by Gasteiger charge is 2.31. The highest BCUT2D eigenvalue weighted by molar-refractivity contribution is 6.42. The Morgan fingerprint density at radius 2 is 1.86 bits per heavy atom. The maximum atomic E-state index is 12.5. The summed E-state index contributed by atoms with van der Waals surface area (Å²) in [5.74, 6) is 0.0474. The van der Waals surface area contributed by atoms with Crippen LogP contribution >= 0.6 is 35.6 Å². The monoisotopic (exact) mass is 363 g/mol. The summed E-state index contributed by atoms with van der Waals surface area (Å²) in [4.78, 5) is 16.9. The van der Waals surface area contributed by atoms with Crippen molar-refractivity contribution in [3.05, 3.63) is 33.8 Å². The largest absolute Gasteiger partial charge is 0.337 e. The fourth-order valence-electron chi connectivity index (χ4n) is 3.08. The van der Waals surface area contributed by atoms with E-state index in [0.717, 1.165) is 45.7 Å². The van der Waals surface area contributed by atoms with Gasteiger partial charge in [0.1, 0.15) is 0 Å². The Morgan fingerprint density at radius 3 is 2.55 bits per heavy atom. The second-order valence-electron chi connectivity index (χ2n) is 5.61. The highest BCUT2D eigenvalue weighted by Crippen LogP contribution is 2.25. The molecule has 1 aromatic rings. The average molecular weight is 365 g/mol. The molecule has 22 heavy (non-hydrogen) atoms. The van der Waals surface area contributed by atoms with Gasteiger partial charge < -0.3 is 10.2 Å². The van der Waals surface area contributed by atoms with Crippen LogP contribution in [0.4, 0.5) is 0 Å². The molecule has 2 aliphatic rings. The van der Waals surface area contributed by atoms with Crippen LogP contribution in [0.2, 0.25) is 10.0 Å². The van der Waals surface area contributed by atoms with E-state index in [2.05, 4.69) is 10.2 Å². The summed E-state index contributed by atoms with van der Waals surface area (Å²) in [5, 5.41) is 4.27. The molecule has 2 aliphatic heterocycles. The summed E-state index contributed by atoms with van der Waals surface area (Å²) in [6.07, 6.45) is 1.05. The quantitative estimate of drug-likeness (QED) is 0.876. The first-order chi connectivity index (χ1) is 10.1. The number of hydrogen-bond acceptors (Lipinski definition) is 3. The Hall–Kier alpha value is -0.520. The van der Waals surface area contributed by atoms with E-state index in [0.29, 0.717) is 21.7 Å². The summed E-state index contributed by atoms with van der Waals surface area (Å²) >= 11 is 11.9. The first-order valence-corrected chi connectivity index (χ1v) is 8.10. The predicted octanol–water partition coefficient (Wildman–Crippen LogP) is 2.53. The van der Waals surface area contributed by atoms with Crippen molar-refractivity contribution >= 4 is 41.5 Å². The zero-order valence-corrected chi connectivity index (χ0v) is 14.6. The van der Waals surface area contributed by atoms with E-state index in [-0.39, 0.29) is 18.3 Å². The molecule has 1 atom stereocenters. The van der Waals surface area contributed by atoms with Gasteiger partial charge in [0.2, 0.25) is 0 Å². The van der Waals surface area contributed by atoms with Gasteiger partial charge in [-0.25, -0.2) is 0 Å². The van der Waals surface area contributed by atoms with Crippen LogP contribution in [0.1, 0.15) is 16.8 Å². The van der Waals surface area contributed by atoms with Gasteiger partial charge >= 0.3 is 0 Å². The molecule has 3 rings (SSSR count). The van der Waals surface area contributed by atoms with Gasteiger partial charge in [0.25, 0.3) is 5.91 Å². The summed E-state index contributed by atoms with van der Waals surface area (Å²) in [6, 6.07) is 5.57. The number of likely N-dealkylation sites (tertiary alicyclic amines) is 1. The molecular formula is C15H20Cl3N3O. The molecule has 1 N–H and O–H groups in total. The van der Waals surface area contributed by atoms with Gasteiger partial charge in [-0.3, -0.25) is 9.69 Å². The van der Waals surface area contributed by atoms with Crippen LogP contribution in [-0.4, -0.2) is 61.0 Å². The lowest BCUT2D eigenvalue weighted by Crippen LogP contribution is -2.49. The van der Waals surface area contributed by atoms with Gasteiger partial charge in [-0.15, -0.1) is 12.4 Å². The number of nitrogens with zero attached hydrogens (tertiary/aromatic N) is 2. The topological polar surface area (TPSA) is 35.6 Å². The van der Waals surface area contributed by atoms with Gasteiger partial charge in [0, 0.05) is 50.9 Å². The van der Waals surface area contributed by atoms with Gasteiger partial charge in [-0.2, -0.15) is 0 Å². The molecule has 0 aromatic heterocycles. The Bertz CT molecular complexity index is 535. The number of nitrogens with one attached hydrogen (secondary N) is 1. The van der Waals surface area contributed by atoms with E-state index in [1.54, 1.807) is 18.2 Å². The number of amides is 1. The second-order valence-corrected chi connectivity index (χ2v) is 6.42. The lowest BCUT2D eigenvalue weighted by atomic mass is 10.2. The van der Waals surface area contributed by atoms with Crippen LogP contribution in [0.25, 0.3) is 0 Å². The molecule has 2 saturated heterocycles. The molecule has 2 heterocycles. The van der Waals surface area contributed by atoms with Crippen molar-refractivity contribution in [3.8, 4) is 0 Å². The minimum Gasteiger partial charge on any atom is -0.337 e. The van der Waals surface area contributed by atoms with E-state index < -0.39 is 0 Å². The number of carbonyl (C=O) groups is 1. The van der Waals surface area contributed by atoms with Crippen molar-refractivity contribution in [2.24, 2.45) is 0 Å². The molecule has 122 valence electrons. The standard InChI is InChI=1S/C15H19Cl2N3O.ClH/c16-13-2-1-11(9-14(13)17)15(21)20-6-3-12(10-20)19-7-4-18-5-8-19;/h1-2,9,12,18H,3-8,10H2;1H. The highest BCUT2D eigenvalue weighted by atomic mass is 35.5. The van der Waals surface area contributed by atoms with E-state index in [9.17, 15) is 4.79 Å². The zero-order chi connectivity index (χ0) is 14.8. The van der Waals surface area contributed by atoms with Crippen LogP contribution in [-0.2, 0) is 0 Å². The Morgan fingerprint density at radius 1 is 1.14 bits per heavy atom. The van der Waals surface area contributed by atoms with Crippen LogP contribution in [0.5, 0.6) is 0 Å². The summed E-state index contributed by atoms with van der Waals surface area (Å²) in [6.45, 7) is 5.83.